The van der Waals surface area contributed by atoms with E-state index in [4.69, 9.17) is 9.40 Å². The van der Waals surface area contributed by atoms with E-state index in [0.29, 0.717) is 18.7 Å². The molecule has 0 radical (unpaired) electrons. The molecule has 0 bridgehead atoms. The highest BCUT2D eigenvalue weighted by atomic mass is 16.4. The molecule has 0 saturated carbocycles. The molecule has 0 N–H and O–H groups in total. The number of Topliss-reactive ketones (excluding diaryl/α,β-unsaturated/α-hetero) is 1. The average molecular weight is 315 g/mol. The Morgan fingerprint density at radius 1 is 0.875 bits per heavy atom. The summed E-state index contributed by atoms with van der Waals surface area (Å²) in [6.07, 6.45) is 1.25. The lowest BCUT2D eigenvalue weighted by Crippen LogP contribution is -1.96. The first-order valence-corrected chi connectivity index (χ1v) is 8.09. The van der Waals surface area contributed by atoms with Crippen LogP contribution in [0.4, 0.5) is 0 Å². The first-order valence-electron chi connectivity index (χ1n) is 8.09. The Morgan fingerprint density at radius 3 is 2.17 bits per heavy atom. The van der Waals surface area contributed by atoms with Crippen LogP contribution in [0.15, 0.2) is 65.1 Å². The number of nitrogens with zero attached hydrogens (tertiary/aromatic N) is 1. The molecule has 1 heterocycles. The molecule has 3 heteroatoms. The number of carbonyl (C=O) groups is 1. The molecule has 118 valence electrons. The number of ketones is 1. The van der Waals surface area contributed by atoms with Gasteiger partial charge < -0.3 is 4.42 Å². The molecule has 0 unspecified atom stereocenters. The molecule has 1 aromatic heterocycles. The van der Waals surface area contributed by atoms with E-state index < -0.39 is 0 Å². The van der Waals surface area contributed by atoms with Gasteiger partial charge in [-0.15, -0.1) is 0 Å². The monoisotopic (exact) mass is 315 g/mol. The van der Waals surface area contributed by atoms with Crippen molar-refractivity contribution in [3.8, 4) is 11.5 Å². The van der Waals surface area contributed by atoms with Gasteiger partial charge in [0, 0.05) is 17.6 Å². The molecule has 1 aliphatic rings. The number of oxazole rings is 1. The van der Waals surface area contributed by atoms with Crippen molar-refractivity contribution >= 4 is 16.9 Å². The van der Waals surface area contributed by atoms with Crippen LogP contribution >= 0.6 is 0 Å². The number of aromatic nitrogens is 1. The minimum atomic E-state index is 0.180. The average Bonchev–Trinajstić information content (AvgIpc) is 3.19. The summed E-state index contributed by atoms with van der Waals surface area (Å²) in [6.45, 7) is 1.91. The van der Waals surface area contributed by atoms with Gasteiger partial charge in [-0.2, -0.15) is 0 Å². The highest BCUT2D eigenvalue weighted by Crippen LogP contribution is 2.39. The van der Waals surface area contributed by atoms with E-state index in [1.165, 1.54) is 0 Å². The summed E-state index contributed by atoms with van der Waals surface area (Å²) in [5.41, 5.74) is 4.48. The fraction of sp³-hybridized carbons (Fsp3) is 0.143. The smallest absolute Gasteiger partial charge is 0.226 e. The summed E-state index contributed by atoms with van der Waals surface area (Å²) < 4.78 is 5.88. The number of allylic oxidation sites excluding steroid dienone is 2. The van der Waals surface area contributed by atoms with Crippen LogP contribution in [0.2, 0.25) is 0 Å². The normalized spacial score (nSPS) is 14.5. The molecular formula is C21H17NO2. The summed E-state index contributed by atoms with van der Waals surface area (Å²) in [5, 5.41) is 0. The number of carbonyl (C=O) groups excluding carboxylic acids is 1. The van der Waals surface area contributed by atoms with E-state index in [-0.39, 0.29) is 5.78 Å². The van der Waals surface area contributed by atoms with E-state index in [2.05, 4.69) is 0 Å². The van der Waals surface area contributed by atoms with Crippen LogP contribution in [0.3, 0.4) is 0 Å². The maximum atomic E-state index is 12.4. The van der Waals surface area contributed by atoms with E-state index in [9.17, 15) is 4.79 Å². The second-order valence-corrected chi connectivity index (χ2v) is 5.93. The first kappa shape index (κ1) is 14.6. The third-order valence-electron chi connectivity index (χ3n) is 4.35. The molecule has 0 spiro atoms. The number of hydrogen-bond donors (Lipinski definition) is 0. The van der Waals surface area contributed by atoms with Crippen LogP contribution < -0.4 is 0 Å². The second-order valence-electron chi connectivity index (χ2n) is 5.93. The van der Waals surface area contributed by atoms with Gasteiger partial charge in [0.25, 0.3) is 0 Å². The van der Waals surface area contributed by atoms with E-state index in [0.717, 1.165) is 33.7 Å². The van der Waals surface area contributed by atoms with Gasteiger partial charge in [-0.25, -0.2) is 4.98 Å². The highest BCUT2D eigenvalue weighted by molar-refractivity contribution is 6.30. The van der Waals surface area contributed by atoms with Crippen LogP contribution in [0.1, 0.15) is 29.9 Å². The summed E-state index contributed by atoms with van der Waals surface area (Å²) in [5.74, 6) is 1.54. The van der Waals surface area contributed by atoms with Crippen molar-refractivity contribution in [2.24, 2.45) is 0 Å². The molecule has 0 aliphatic heterocycles. The number of rotatable bonds is 3. The van der Waals surface area contributed by atoms with Crippen molar-refractivity contribution in [3.63, 3.8) is 0 Å². The molecular weight excluding hydrogens is 298 g/mol. The molecule has 0 amide bonds. The predicted octanol–water partition coefficient (Wildman–Crippen LogP) is 4.92. The molecule has 3 nitrogen and oxygen atoms in total. The zero-order valence-electron chi connectivity index (χ0n) is 13.5. The Morgan fingerprint density at radius 2 is 1.50 bits per heavy atom. The summed E-state index contributed by atoms with van der Waals surface area (Å²) >= 11 is 0. The van der Waals surface area contributed by atoms with Crippen LogP contribution in [-0.4, -0.2) is 10.8 Å². The summed E-state index contributed by atoms with van der Waals surface area (Å²) in [4.78, 5) is 17.1. The fourth-order valence-corrected chi connectivity index (χ4v) is 3.21. The lowest BCUT2D eigenvalue weighted by Gasteiger charge is -2.04. The predicted molar refractivity (Wildman–Crippen MR) is 94.2 cm³/mol. The number of aryl methyl sites for hydroxylation is 1. The SMILES string of the molecule is Cc1oc(-c2ccccc2)nc1C1=C(c2ccccc2)C(=O)CC1. The quantitative estimate of drug-likeness (QED) is 0.688. The van der Waals surface area contributed by atoms with Gasteiger partial charge in [0.1, 0.15) is 11.5 Å². The number of hydrogen-bond acceptors (Lipinski definition) is 3. The molecule has 3 aromatic rings. The maximum absolute atomic E-state index is 12.4. The molecule has 1 aliphatic carbocycles. The minimum absolute atomic E-state index is 0.180. The summed E-state index contributed by atoms with van der Waals surface area (Å²) in [6, 6.07) is 19.7. The molecule has 24 heavy (non-hydrogen) atoms. The van der Waals surface area contributed by atoms with Crippen LogP contribution in [0.25, 0.3) is 22.6 Å². The van der Waals surface area contributed by atoms with Gasteiger partial charge in [0.2, 0.25) is 5.89 Å². The van der Waals surface area contributed by atoms with Crippen LogP contribution in [0.5, 0.6) is 0 Å². The van der Waals surface area contributed by atoms with Gasteiger partial charge in [-0.05, 0) is 36.6 Å². The number of benzene rings is 2. The van der Waals surface area contributed by atoms with E-state index in [1.54, 1.807) is 0 Å². The second kappa shape index (κ2) is 5.93. The van der Waals surface area contributed by atoms with E-state index in [1.807, 2.05) is 67.6 Å². The molecule has 0 saturated heterocycles. The van der Waals surface area contributed by atoms with Crippen molar-refractivity contribution in [1.29, 1.82) is 0 Å². The van der Waals surface area contributed by atoms with Gasteiger partial charge in [-0.3, -0.25) is 4.79 Å². The van der Waals surface area contributed by atoms with Gasteiger partial charge in [-0.1, -0.05) is 48.5 Å². The Labute approximate surface area is 140 Å². The lowest BCUT2D eigenvalue weighted by molar-refractivity contribution is -0.113. The minimum Gasteiger partial charge on any atom is -0.441 e. The van der Waals surface area contributed by atoms with Gasteiger partial charge in [0.15, 0.2) is 5.78 Å². The van der Waals surface area contributed by atoms with Crippen molar-refractivity contribution in [2.75, 3.05) is 0 Å². The maximum Gasteiger partial charge on any atom is 0.226 e. The topological polar surface area (TPSA) is 43.1 Å². The van der Waals surface area contributed by atoms with Crippen molar-refractivity contribution in [3.05, 3.63) is 77.7 Å². The third-order valence-corrected chi connectivity index (χ3v) is 4.35. The highest BCUT2D eigenvalue weighted by Gasteiger charge is 2.28. The molecule has 0 atom stereocenters. The van der Waals surface area contributed by atoms with E-state index >= 15 is 0 Å². The Hall–Kier alpha value is -2.94. The Kier molecular flexibility index (Phi) is 3.62. The summed E-state index contributed by atoms with van der Waals surface area (Å²) in [7, 11) is 0. The fourth-order valence-electron chi connectivity index (χ4n) is 3.21. The molecule has 2 aromatic carbocycles. The zero-order valence-corrected chi connectivity index (χ0v) is 13.5. The van der Waals surface area contributed by atoms with Crippen molar-refractivity contribution in [2.45, 2.75) is 19.8 Å². The standard InChI is InChI=1S/C21H17NO2/c1-14-20(22-21(24-14)16-10-6-3-7-11-16)17-12-13-18(23)19(17)15-8-4-2-5-9-15/h2-11H,12-13H2,1H3. The van der Waals surface area contributed by atoms with Gasteiger partial charge >= 0.3 is 0 Å². The third kappa shape index (κ3) is 2.48. The lowest BCUT2D eigenvalue weighted by atomic mass is 9.99. The zero-order chi connectivity index (χ0) is 16.5. The Bertz CT molecular complexity index is 921. The molecule has 0 fully saturated rings. The van der Waals surface area contributed by atoms with Gasteiger partial charge in [0.05, 0.1) is 0 Å². The van der Waals surface area contributed by atoms with Crippen molar-refractivity contribution < 1.29 is 9.21 Å². The largest absolute Gasteiger partial charge is 0.441 e. The molecule has 4 rings (SSSR count). The Balaban J connectivity index is 1.85. The van der Waals surface area contributed by atoms with Crippen LogP contribution in [-0.2, 0) is 4.79 Å². The van der Waals surface area contributed by atoms with Crippen LogP contribution in [0, 0.1) is 6.92 Å². The van der Waals surface area contributed by atoms with Crippen molar-refractivity contribution in [1.82, 2.24) is 4.98 Å². The first-order chi connectivity index (χ1) is 11.7.